The molecule has 3 aromatic rings. The van der Waals surface area contributed by atoms with Crippen LogP contribution in [0.4, 0.5) is 5.95 Å². The number of ether oxygens (including phenoxy) is 1. The van der Waals surface area contributed by atoms with E-state index < -0.39 is 0 Å². The van der Waals surface area contributed by atoms with Crippen molar-refractivity contribution in [3.8, 4) is 17.7 Å². The SMILES string of the molecule is Cc1ccc(Br)cc1Oc1nc(N)nc(-n2ccnc2)n1. The van der Waals surface area contributed by atoms with E-state index in [4.69, 9.17) is 10.5 Å². The van der Waals surface area contributed by atoms with Gasteiger partial charge >= 0.3 is 6.01 Å². The first-order valence-electron chi connectivity index (χ1n) is 6.06. The number of anilines is 1. The summed E-state index contributed by atoms with van der Waals surface area (Å²) in [6.07, 6.45) is 4.91. The molecule has 8 heteroatoms. The Bertz CT molecular complexity index is 774. The number of halogens is 1. The number of rotatable bonds is 3. The molecule has 1 aromatic carbocycles. The van der Waals surface area contributed by atoms with E-state index in [1.165, 1.54) is 0 Å². The van der Waals surface area contributed by atoms with Gasteiger partial charge in [-0.3, -0.25) is 4.57 Å². The molecule has 2 N–H and O–H groups in total. The molecule has 0 aliphatic carbocycles. The summed E-state index contributed by atoms with van der Waals surface area (Å²) < 4.78 is 8.23. The quantitative estimate of drug-likeness (QED) is 0.783. The second-order valence-corrected chi connectivity index (χ2v) is 5.17. The van der Waals surface area contributed by atoms with Crippen LogP contribution in [0.3, 0.4) is 0 Å². The number of benzene rings is 1. The maximum atomic E-state index is 5.70. The number of hydrogen-bond donors (Lipinski definition) is 1. The summed E-state index contributed by atoms with van der Waals surface area (Å²) in [5, 5.41) is 0. The topological polar surface area (TPSA) is 91.7 Å². The number of nitrogens with two attached hydrogens (primary N) is 1. The van der Waals surface area contributed by atoms with Crippen molar-refractivity contribution in [2.75, 3.05) is 5.73 Å². The zero-order chi connectivity index (χ0) is 14.8. The third kappa shape index (κ3) is 3.00. The zero-order valence-corrected chi connectivity index (χ0v) is 12.6. The molecule has 0 radical (unpaired) electrons. The minimum Gasteiger partial charge on any atom is -0.424 e. The molecule has 2 aromatic heterocycles. The lowest BCUT2D eigenvalue weighted by atomic mass is 10.2. The van der Waals surface area contributed by atoms with E-state index in [-0.39, 0.29) is 12.0 Å². The van der Waals surface area contributed by atoms with Crippen molar-refractivity contribution in [1.82, 2.24) is 24.5 Å². The summed E-state index contributed by atoms with van der Waals surface area (Å²) in [6.45, 7) is 1.93. The average Bonchev–Trinajstić information content (AvgIpc) is 2.96. The van der Waals surface area contributed by atoms with Gasteiger partial charge in [0.25, 0.3) is 0 Å². The minimum absolute atomic E-state index is 0.0800. The molecule has 0 atom stereocenters. The first-order valence-corrected chi connectivity index (χ1v) is 6.85. The van der Waals surface area contributed by atoms with Crippen LogP contribution in [0, 0.1) is 6.92 Å². The van der Waals surface area contributed by atoms with E-state index in [0.29, 0.717) is 11.7 Å². The van der Waals surface area contributed by atoms with E-state index in [0.717, 1.165) is 10.0 Å². The van der Waals surface area contributed by atoms with Crippen LogP contribution in [0.5, 0.6) is 11.8 Å². The van der Waals surface area contributed by atoms with Gasteiger partial charge in [-0.1, -0.05) is 22.0 Å². The fourth-order valence-electron chi connectivity index (χ4n) is 1.68. The molecular weight excluding hydrogens is 336 g/mol. The highest BCUT2D eigenvalue weighted by atomic mass is 79.9. The average molecular weight is 347 g/mol. The predicted molar refractivity (Wildman–Crippen MR) is 80.3 cm³/mol. The van der Waals surface area contributed by atoms with Crippen LogP contribution in [0.25, 0.3) is 5.95 Å². The highest BCUT2D eigenvalue weighted by Crippen LogP contribution is 2.26. The maximum Gasteiger partial charge on any atom is 0.328 e. The fraction of sp³-hybridized carbons (Fsp3) is 0.0769. The molecule has 0 aliphatic heterocycles. The van der Waals surface area contributed by atoms with Crippen LogP contribution in [0.15, 0.2) is 41.4 Å². The number of aromatic nitrogens is 5. The molecule has 0 amide bonds. The molecule has 0 aliphatic rings. The molecule has 2 heterocycles. The molecule has 7 nitrogen and oxygen atoms in total. The Labute approximate surface area is 129 Å². The monoisotopic (exact) mass is 346 g/mol. The lowest BCUT2D eigenvalue weighted by Gasteiger charge is -2.09. The molecule has 0 saturated carbocycles. The molecule has 0 fully saturated rings. The summed E-state index contributed by atoms with van der Waals surface area (Å²) in [4.78, 5) is 16.2. The van der Waals surface area contributed by atoms with E-state index in [2.05, 4.69) is 35.9 Å². The Morgan fingerprint density at radius 1 is 1.24 bits per heavy atom. The predicted octanol–water partition coefficient (Wildman–Crippen LogP) is 2.50. The van der Waals surface area contributed by atoms with Crippen LogP contribution in [0.1, 0.15) is 5.56 Å². The van der Waals surface area contributed by atoms with Crippen LogP contribution >= 0.6 is 15.9 Å². The van der Waals surface area contributed by atoms with Crippen molar-refractivity contribution in [2.24, 2.45) is 0 Å². The molecule has 3 rings (SSSR count). The summed E-state index contributed by atoms with van der Waals surface area (Å²) in [6, 6.07) is 5.83. The van der Waals surface area contributed by atoms with Crippen molar-refractivity contribution in [3.05, 3.63) is 47.0 Å². The second kappa shape index (κ2) is 5.49. The lowest BCUT2D eigenvalue weighted by molar-refractivity contribution is 0.436. The number of nitrogen functional groups attached to an aromatic ring is 1. The van der Waals surface area contributed by atoms with Gasteiger partial charge in [-0.15, -0.1) is 0 Å². The highest BCUT2D eigenvalue weighted by Gasteiger charge is 2.10. The number of hydrogen-bond acceptors (Lipinski definition) is 6. The van der Waals surface area contributed by atoms with Crippen molar-refractivity contribution in [2.45, 2.75) is 6.92 Å². The van der Waals surface area contributed by atoms with Gasteiger partial charge in [-0.05, 0) is 24.6 Å². The Morgan fingerprint density at radius 2 is 2.10 bits per heavy atom. The minimum atomic E-state index is 0.0800. The number of aryl methyl sites for hydroxylation is 1. The van der Waals surface area contributed by atoms with Crippen molar-refractivity contribution >= 4 is 21.9 Å². The Balaban J connectivity index is 1.97. The lowest BCUT2D eigenvalue weighted by Crippen LogP contribution is -2.06. The van der Waals surface area contributed by atoms with Gasteiger partial charge in [0.2, 0.25) is 11.9 Å². The van der Waals surface area contributed by atoms with Gasteiger partial charge in [0.15, 0.2) is 0 Å². The Morgan fingerprint density at radius 3 is 2.86 bits per heavy atom. The number of imidazole rings is 1. The second-order valence-electron chi connectivity index (χ2n) is 4.26. The van der Waals surface area contributed by atoms with Crippen LogP contribution in [0.2, 0.25) is 0 Å². The highest BCUT2D eigenvalue weighted by molar-refractivity contribution is 9.10. The van der Waals surface area contributed by atoms with E-state index in [1.807, 2.05) is 25.1 Å². The smallest absolute Gasteiger partial charge is 0.328 e. The van der Waals surface area contributed by atoms with Gasteiger partial charge in [0, 0.05) is 16.9 Å². The normalized spacial score (nSPS) is 10.6. The van der Waals surface area contributed by atoms with Crippen LogP contribution in [-0.2, 0) is 0 Å². The molecule has 0 unspecified atom stereocenters. The summed E-state index contributed by atoms with van der Waals surface area (Å²) >= 11 is 3.40. The zero-order valence-electron chi connectivity index (χ0n) is 11.1. The molecule has 21 heavy (non-hydrogen) atoms. The largest absolute Gasteiger partial charge is 0.424 e. The van der Waals surface area contributed by atoms with Crippen LogP contribution in [-0.4, -0.2) is 24.5 Å². The summed E-state index contributed by atoms with van der Waals surface area (Å²) in [5.74, 6) is 1.07. The Hall–Kier alpha value is -2.48. The first-order chi connectivity index (χ1) is 10.1. The van der Waals surface area contributed by atoms with Crippen molar-refractivity contribution in [1.29, 1.82) is 0 Å². The van der Waals surface area contributed by atoms with Gasteiger partial charge < -0.3 is 10.5 Å². The van der Waals surface area contributed by atoms with Gasteiger partial charge in [0.1, 0.15) is 12.1 Å². The van der Waals surface area contributed by atoms with Gasteiger partial charge in [-0.2, -0.15) is 15.0 Å². The maximum absolute atomic E-state index is 5.70. The van der Waals surface area contributed by atoms with Crippen LogP contribution < -0.4 is 10.5 Å². The Kier molecular flexibility index (Phi) is 3.53. The van der Waals surface area contributed by atoms with Gasteiger partial charge in [0.05, 0.1) is 0 Å². The third-order valence-electron chi connectivity index (χ3n) is 2.71. The van der Waals surface area contributed by atoms with E-state index in [1.54, 1.807) is 23.3 Å². The van der Waals surface area contributed by atoms with Gasteiger partial charge in [-0.25, -0.2) is 4.98 Å². The molecule has 0 saturated heterocycles. The van der Waals surface area contributed by atoms with Crippen molar-refractivity contribution in [3.63, 3.8) is 0 Å². The first kappa shape index (κ1) is 13.5. The molecule has 0 spiro atoms. The molecule has 106 valence electrons. The van der Waals surface area contributed by atoms with E-state index in [9.17, 15) is 0 Å². The third-order valence-corrected chi connectivity index (χ3v) is 3.20. The summed E-state index contributed by atoms with van der Waals surface area (Å²) in [7, 11) is 0. The molecular formula is C13H11BrN6O. The fourth-order valence-corrected chi connectivity index (χ4v) is 2.02. The van der Waals surface area contributed by atoms with E-state index >= 15 is 0 Å². The standard InChI is InChI=1S/C13H11BrN6O/c1-8-2-3-9(14)6-10(8)21-13-18-11(15)17-12(19-13)20-5-4-16-7-20/h2-7H,1H3,(H2,15,17,18,19). The number of nitrogens with zero attached hydrogens (tertiary/aromatic N) is 5. The summed E-state index contributed by atoms with van der Waals surface area (Å²) in [5.41, 5.74) is 6.66. The van der Waals surface area contributed by atoms with Crippen molar-refractivity contribution < 1.29 is 4.74 Å². The molecule has 0 bridgehead atoms.